The van der Waals surface area contributed by atoms with Gasteiger partial charge in [-0.05, 0) is 103 Å². The summed E-state index contributed by atoms with van der Waals surface area (Å²) >= 11 is 0. The van der Waals surface area contributed by atoms with Crippen LogP contribution in [0.25, 0.3) is 0 Å². The van der Waals surface area contributed by atoms with Crippen molar-refractivity contribution in [3.05, 3.63) is 146 Å². The van der Waals surface area contributed by atoms with E-state index in [1.54, 1.807) is 0 Å². The molecule has 17 unspecified atom stereocenters. The molecule has 19 nitrogen and oxygen atoms in total. The molecule has 3 rings (SSSR count). The van der Waals surface area contributed by atoms with Crippen LogP contribution >= 0.6 is 0 Å². The van der Waals surface area contributed by atoms with E-state index >= 15 is 0 Å². The maximum absolute atomic E-state index is 13.5. The molecule has 3 fully saturated rings. The molecule has 109 heavy (non-hydrogen) atoms. The second kappa shape index (κ2) is 68.1. The van der Waals surface area contributed by atoms with Gasteiger partial charge in [-0.15, -0.1) is 0 Å². The van der Waals surface area contributed by atoms with Crippen LogP contribution in [0.5, 0.6) is 0 Å². The number of aliphatic hydroxyl groups excluding tert-OH is 11. The smallest absolute Gasteiger partial charge is 0.220 e. The first-order chi connectivity index (χ1) is 53.3. The SMILES string of the molecule is CC/C=C\C/C=C\C/C=C\C/C=C\C/C=C\C/C=C\C/C=C\C/C=C\C/C=C\C/C=C\C/C=C\C/C=C\CCCCCCC(=O)NC(COC1OC(CO)C(OC2OC(CO)C(OC3OC(CO)C(O)C(O)C3O)C(O)C2O)C(O)C1O)C(O)CCCCCCCCCCCCCCCCCCCCCCCCC. The first-order valence-electron chi connectivity index (χ1n) is 42.6. The van der Waals surface area contributed by atoms with Gasteiger partial charge in [0.15, 0.2) is 18.9 Å². The number of carbonyl (C=O) groups excluding carboxylic acids is 1. The quantitative estimate of drug-likeness (QED) is 0.0199. The van der Waals surface area contributed by atoms with Crippen LogP contribution in [-0.4, -0.2) is 193 Å². The molecule has 19 heteroatoms. The predicted octanol–water partition coefficient (Wildman–Crippen LogP) is 15.4. The van der Waals surface area contributed by atoms with E-state index in [1.807, 2.05) is 0 Å². The van der Waals surface area contributed by atoms with Crippen LogP contribution in [0, 0.1) is 0 Å². The van der Waals surface area contributed by atoms with Crippen LogP contribution < -0.4 is 5.32 Å². The molecule has 3 heterocycles. The fraction of sp³-hybridized carbons (Fsp3) is 0.722. The van der Waals surface area contributed by atoms with Crippen molar-refractivity contribution in [1.29, 1.82) is 0 Å². The molecule has 0 bridgehead atoms. The van der Waals surface area contributed by atoms with Gasteiger partial charge in [0.25, 0.3) is 0 Å². The summed E-state index contributed by atoms with van der Waals surface area (Å²) in [6.45, 7) is 1.68. The number of amides is 1. The van der Waals surface area contributed by atoms with Crippen molar-refractivity contribution < 1.29 is 89.4 Å². The number of unbranched alkanes of at least 4 members (excludes halogenated alkanes) is 26. The third kappa shape index (κ3) is 47.2. The monoisotopic (exact) mass is 1530 g/mol. The lowest BCUT2D eigenvalue weighted by molar-refractivity contribution is -0.379. The second-order valence-electron chi connectivity index (χ2n) is 29.6. The first-order valence-corrected chi connectivity index (χ1v) is 42.6. The highest BCUT2D eigenvalue weighted by atomic mass is 16.8. The van der Waals surface area contributed by atoms with E-state index in [9.17, 15) is 61.0 Å². The zero-order valence-electron chi connectivity index (χ0n) is 67.0. The lowest BCUT2D eigenvalue weighted by Gasteiger charge is -2.48. The topological polar surface area (TPSA) is 307 Å². The van der Waals surface area contributed by atoms with E-state index < -0.39 is 124 Å². The molecule has 0 radical (unpaired) electrons. The van der Waals surface area contributed by atoms with Gasteiger partial charge in [-0.2, -0.15) is 0 Å². The molecule has 12 N–H and O–H groups in total. The highest BCUT2D eigenvalue weighted by Gasteiger charge is 2.54. The third-order valence-electron chi connectivity index (χ3n) is 20.2. The van der Waals surface area contributed by atoms with Crippen molar-refractivity contribution in [2.75, 3.05) is 26.4 Å². The number of hydrogen-bond acceptors (Lipinski definition) is 18. The Bertz CT molecular complexity index is 2540. The molecule has 0 aliphatic carbocycles. The molecule has 0 aromatic carbocycles. The van der Waals surface area contributed by atoms with E-state index in [0.29, 0.717) is 19.3 Å². The van der Waals surface area contributed by atoms with E-state index in [4.69, 9.17) is 28.4 Å². The Morgan fingerprint density at radius 2 is 0.633 bits per heavy atom. The normalized spacial score (nSPS) is 26.0. The number of rotatable bonds is 66. The molecular weight excluding hydrogens is 1380 g/mol. The van der Waals surface area contributed by atoms with Gasteiger partial charge >= 0.3 is 0 Å². The van der Waals surface area contributed by atoms with E-state index in [0.717, 1.165) is 122 Å². The average Bonchev–Trinajstić information content (AvgIpc) is 0.760. The summed E-state index contributed by atoms with van der Waals surface area (Å²) < 4.78 is 34.5. The molecule has 3 aliphatic heterocycles. The van der Waals surface area contributed by atoms with Gasteiger partial charge in [-0.3, -0.25) is 4.79 Å². The minimum absolute atomic E-state index is 0.228. The Labute approximate surface area is 657 Å². The van der Waals surface area contributed by atoms with Crippen molar-refractivity contribution in [3.8, 4) is 0 Å². The fourth-order valence-electron chi connectivity index (χ4n) is 13.4. The van der Waals surface area contributed by atoms with E-state index in [1.165, 1.54) is 122 Å². The fourth-order valence-corrected chi connectivity index (χ4v) is 13.4. The second-order valence-corrected chi connectivity index (χ2v) is 29.6. The number of hydrogen-bond donors (Lipinski definition) is 12. The largest absolute Gasteiger partial charge is 0.394 e. The van der Waals surface area contributed by atoms with Gasteiger partial charge in [0, 0.05) is 6.42 Å². The molecule has 624 valence electrons. The van der Waals surface area contributed by atoms with Gasteiger partial charge in [0.2, 0.25) is 5.91 Å². The van der Waals surface area contributed by atoms with Gasteiger partial charge in [-0.1, -0.05) is 320 Å². The van der Waals surface area contributed by atoms with Crippen molar-refractivity contribution >= 4 is 5.91 Å². The van der Waals surface area contributed by atoms with Crippen LogP contribution in [-0.2, 0) is 33.2 Å². The Balaban J connectivity index is 1.36. The summed E-state index contributed by atoms with van der Waals surface area (Å²) in [6.07, 6.45) is 72.1. The Hall–Kier alpha value is -4.33. The van der Waals surface area contributed by atoms with Crippen molar-refractivity contribution in [2.45, 2.75) is 388 Å². The summed E-state index contributed by atoms with van der Waals surface area (Å²) in [6, 6.07) is -0.914. The first kappa shape index (κ1) is 98.9. The molecular formula is C90H151NO18. The molecule has 0 spiro atoms. The third-order valence-corrected chi connectivity index (χ3v) is 20.2. The number of nitrogens with one attached hydrogen (secondary N) is 1. The minimum atomic E-state index is -1.98. The molecule has 0 aromatic rings. The van der Waals surface area contributed by atoms with Crippen molar-refractivity contribution in [2.24, 2.45) is 0 Å². The average molecular weight is 1540 g/mol. The van der Waals surface area contributed by atoms with Crippen LogP contribution in [0.1, 0.15) is 284 Å². The Kier molecular flexibility index (Phi) is 61.8. The van der Waals surface area contributed by atoms with E-state index in [-0.39, 0.29) is 18.9 Å². The summed E-state index contributed by atoms with van der Waals surface area (Å²) in [5.74, 6) is -0.270. The number of carbonyl (C=O) groups is 1. The van der Waals surface area contributed by atoms with Crippen LogP contribution in [0.2, 0.25) is 0 Å². The highest BCUT2D eigenvalue weighted by molar-refractivity contribution is 5.76. The molecule has 3 aliphatic rings. The predicted molar refractivity (Wildman–Crippen MR) is 438 cm³/mol. The van der Waals surface area contributed by atoms with Crippen LogP contribution in [0.3, 0.4) is 0 Å². The molecule has 17 atom stereocenters. The number of allylic oxidation sites excluding steroid dienone is 24. The van der Waals surface area contributed by atoms with Crippen molar-refractivity contribution in [3.63, 3.8) is 0 Å². The van der Waals surface area contributed by atoms with Crippen molar-refractivity contribution in [1.82, 2.24) is 5.32 Å². The van der Waals surface area contributed by atoms with Gasteiger partial charge in [0.05, 0.1) is 38.6 Å². The maximum Gasteiger partial charge on any atom is 0.220 e. The molecule has 1 amide bonds. The number of aliphatic hydroxyl groups is 11. The molecule has 3 saturated heterocycles. The number of ether oxygens (including phenoxy) is 6. The van der Waals surface area contributed by atoms with Gasteiger partial charge < -0.3 is 89.9 Å². The molecule has 0 aromatic heterocycles. The summed E-state index contributed by atoms with van der Waals surface area (Å²) in [7, 11) is 0. The summed E-state index contributed by atoms with van der Waals surface area (Å²) in [5, 5.41) is 121. The van der Waals surface area contributed by atoms with Gasteiger partial charge in [0.1, 0.15) is 73.2 Å². The zero-order valence-corrected chi connectivity index (χ0v) is 67.0. The maximum atomic E-state index is 13.5. The lowest BCUT2D eigenvalue weighted by Crippen LogP contribution is -2.66. The van der Waals surface area contributed by atoms with E-state index in [2.05, 4.69) is 165 Å². The standard InChI is InChI=1S/C90H151NO18/c1-3-5-7-9-11-13-15-17-19-21-23-25-27-28-29-30-31-32-33-34-35-36-37-38-39-40-41-42-43-44-46-48-50-52-54-56-58-60-62-64-66-68-78(96)91-73(74(95)67-65-63-61-59-57-55-53-51-49-47-45-26-24-22-20-18-16-14-12-10-8-6-4-2)72-104-88-84(102)81(99)86(76(70-93)106-88)109-90-85(103)82(100)87(77(71-94)107-90)108-89-83(101)80(98)79(97)75(69-92)105-89/h5,7,11,13,17,19,23,25,28-29,31-32,34-35,37-38,40-41,43-44,48,50,54,56,73-77,79-90,92-95,97-103H,3-4,6,8-10,12,14-16,18,20-22,24,26-27,30,33,36,39,42,45-47,49,51-53,55,57-72H2,1-2H3,(H,91,96)/b7-5-,13-11-,19-17-,25-23-,29-28-,32-31-,35-34-,38-37-,41-40-,44-43-,50-48-,56-54-. The summed E-state index contributed by atoms with van der Waals surface area (Å²) in [4.78, 5) is 13.5. The van der Waals surface area contributed by atoms with Gasteiger partial charge in [-0.25, -0.2) is 0 Å². The van der Waals surface area contributed by atoms with Crippen LogP contribution in [0.4, 0.5) is 0 Å². The Morgan fingerprint density at radius 1 is 0.339 bits per heavy atom. The molecule has 0 saturated carbocycles. The highest BCUT2D eigenvalue weighted by Crippen LogP contribution is 2.33. The Morgan fingerprint density at radius 3 is 0.991 bits per heavy atom. The lowest BCUT2D eigenvalue weighted by atomic mass is 9.96. The van der Waals surface area contributed by atoms with Crippen LogP contribution in [0.15, 0.2) is 146 Å². The summed E-state index contributed by atoms with van der Waals surface area (Å²) in [5.41, 5.74) is 0. The minimum Gasteiger partial charge on any atom is -0.394 e. The zero-order chi connectivity index (χ0) is 78.8.